The summed E-state index contributed by atoms with van der Waals surface area (Å²) in [6.45, 7) is 3.51. The Balaban J connectivity index is 1.34. The van der Waals surface area contributed by atoms with Crippen molar-refractivity contribution in [1.29, 1.82) is 0 Å². The third-order valence-electron chi connectivity index (χ3n) is 4.19. The lowest BCUT2D eigenvalue weighted by molar-refractivity contribution is -0.121. The first-order valence-electron chi connectivity index (χ1n) is 8.54. The fourth-order valence-corrected chi connectivity index (χ4v) is 2.92. The molecule has 0 saturated carbocycles. The lowest BCUT2D eigenvalue weighted by Gasteiger charge is -2.05. The lowest BCUT2D eigenvalue weighted by atomic mass is 10.1. The third kappa shape index (κ3) is 4.25. The smallest absolute Gasteiger partial charge is 0.220 e. The van der Waals surface area contributed by atoms with Crippen molar-refractivity contribution in [2.24, 2.45) is 0 Å². The van der Waals surface area contributed by atoms with E-state index in [0.29, 0.717) is 13.0 Å². The Bertz CT molecular complexity index is 802. The van der Waals surface area contributed by atoms with Gasteiger partial charge in [-0.15, -0.1) is 0 Å². The van der Waals surface area contributed by atoms with Gasteiger partial charge in [-0.1, -0.05) is 18.2 Å². The number of carbonyl (C=O) groups is 1. The van der Waals surface area contributed by atoms with E-state index in [0.717, 1.165) is 37.0 Å². The van der Waals surface area contributed by atoms with Gasteiger partial charge in [0.25, 0.3) is 0 Å². The summed E-state index contributed by atoms with van der Waals surface area (Å²) in [6, 6.07) is 10.3. The van der Waals surface area contributed by atoms with Crippen LogP contribution >= 0.6 is 0 Å². The fraction of sp³-hybridized carbons (Fsp3) is 0.368. The van der Waals surface area contributed by atoms with Gasteiger partial charge in [-0.25, -0.2) is 0 Å². The molecule has 5 heteroatoms. The van der Waals surface area contributed by atoms with Crippen LogP contribution in [0.3, 0.4) is 0 Å². The molecule has 0 unspecified atom stereocenters. The number of nitrogens with zero attached hydrogens (tertiary/aromatic N) is 2. The molecule has 1 aromatic carbocycles. The Labute approximate surface area is 142 Å². The van der Waals surface area contributed by atoms with Crippen LogP contribution in [0, 0.1) is 6.92 Å². The maximum atomic E-state index is 11.9. The molecular weight excluding hydrogens is 300 g/mol. The average Bonchev–Trinajstić information content (AvgIpc) is 3.18. The van der Waals surface area contributed by atoms with E-state index in [9.17, 15) is 4.79 Å². The number of benzene rings is 1. The molecule has 2 heterocycles. The van der Waals surface area contributed by atoms with E-state index < -0.39 is 0 Å². The van der Waals surface area contributed by atoms with Crippen LogP contribution in [-0.2, 0) is 17.8 Å². The van der Waals surface area contributed by atoms with Gasteiger partial charge in [0, 0.05) is 42.8 Å². The Morgan fingerprint density at radius 2 is 2.12 bits per heavy atom. The molecule has 0 spiro atoms. The number of para-hydroxylation sites is 1. The van der Waals surface area contributed by atoms with Crippen molar-refractivity contribution in [2.75, 3.05) is 6.54 Å². The molecule has 126 valence electrons. The summed E-state index contributed by atoms with van der Waals surface area (Å²) >= 11 is 0. The van der Waals surface area contributed by atoms with Crippen molar-refractivity contribution < 1.29 is 4.79 Å². The molecule has 0 aliphatic rings. The Hall–Kier alpha value is -2.56. The number of hydrogen-bond donors (Lipinski definition) is 2. The number of H-pyrrole nitrogens is 1. The average molecular weight is 324 g/mol. The Morgan fingerprint density at radius 1 is 1.25 bits per heavy atom. The second-order valence-electron chi connectivity index (χ2n) is 6.14. The van der Waals surface area contributed by atoms with Gasteiger partial charge in [0.05, 0.1) is 5.69 Å². The van der Waals surface area contributed by atoms with Gasteiger partial charge in [0.15, 0.2) is 0 Å². The van der Waals surface area contributed by atoms with Gasteiger partial charge in [-0.2, -0.15) is 5.10 Å². The van der Waals surface area contributed by atoms with E-state index in [2.05, 4.69) is 33.7 Å². The molecule has 0 saturated heterocycles. The first-order chi connectivity index (χ1) is 11.7. The number of fused-ring (bicyclic) bond motifs is 1. The third-order valence-corrected chi connectivity index (χ3v) is 4.19. The molecule has 0 atom stereocenters. The molecule has 1 amide bonds. The molecule has 0 bridgehead atoms. The molecule has 24 heavy (non-hydrogen) atoms. The Kier molecular flexibility index (Phi) is 5.31. The SMILES string of the molecule is Cc1ccn(CCCNC(=O)CCCc2c[nH]c3ccccc23)n1. The minimum Gasteiger partial charge on any atom is -0.361 e. The van der Waals surface area contributed by atoms with Crippen LogP contribution in [0.15, 0.2) is 42.7 Å². The van der Waals surface area contributed by atoms with E-state index in [1.54, 1.807) is 0 Å². The zero-order chi connectivity index (χ0) is 16.8. The normalized spacial score (nSPS) is 11.0. The number of amides is 1. The van der Waals surface area contributed by atoms with Crippen LogP contribution in [0.25, 0.3) is 10.9 Å². The number of rotatable bonds is 8. The molecule has 3 aromatic rings. The van der Waals surface area contributed by atoms with E-state index >= 15 is 0 Å². The van der Waals surface area contributed by atoms with Gasteiger partial charge < -0.3 is 10.3 Å². The maximum absolute atomic E-state index is 11.9. The topological polar surface area (TPSA) is 62.7 Å². The summed E-state index contributed by atoms with van der Waals surface area (Å²) in [4.78, 5) is 15.2. The van der Waals surface area contributed by atoms with Crippen LogP contribution in [0.5, 0.6) is 0 Å². The highest BCUT2D eigenvalue weighted by Gasteiger charge is 2.05. The maximum Gasteiger partial charge on any atom is 0.220 e. The molecule has 0 radical (unpaired) electrons. The largest absolute Gasteiger partial charge is 0.361 e. The number of aromatic amines is 1. The van der Waals surface area contributed by atoms with Crippen molar-refractivity contribution in [3.05, 3.63) is 54.0 Å². The van der Waals surface area contributed by atoms with E-state index in [1.807, 2.05) is 36.0 Å². The van der Waals surface area contributed by atoms with Crippen molar-refractivity contribution in [3.63, 3.8) is 0 Å². The van der Waals surface area contributed by atoms with Gasteiger partial charge in [0.2, 0.25) is 5.91 Å². The standard InChI is InChI=1S/C19H24N4O/c1-15-10-13-23(22-15)12-5-11-20-19(24)9-4-6-16-14-21-18-8-3-2-7-17(16)18/h2-3,7-8,10,13-14,21H,4-6,9,11-12H2,1H3,(H,20,24). The molecule has 0 fully saturated rings. The van der Waals surface area contributed by atoms with Crippen LogP contribution in [0.1, 0.15) is 30.5 Å². The number of hydrogen-bond acceptors (Lipinski definition) is 2. The van der Waals surface area contributed by atoms with Crippen LogP contribution in [0.4, 0.5) is 0 Å². The van der Waals surface area contributed by atoms with Crippen LogP contribution < -0.4 is 5.32 Å². The van der Waals surface area contributed by atoms with Crippen molar-refractivity contribution in [2.45, 2.75) is 39.2 Å². The number of carbonyl (C=O) groups excluding carboxylic acids is 1. The predicted molar refractivity (Wildman–Crippen MR) is 95.8 cm³/mol. The first kappa shape index (κ1) is 16.3. The molecule has 5 nitrogen and oxygen atoms in total. The van der Waals surface area contributed by atoms with Gasteiger partial charge in [-0.3, -0.25) is 9.48 Å². The van der Waals surface area contributed by atoms with Crippen LogP contribution in [0.2, 0.25) is 0 Å². The van der Waals surface area contributed by atoms with Crippen molar-refractivity contribution in [1.82, 2.24) is 20.1 Å². The molecule has 0 aliphatic heterocycles. The first-order valence-corrected chi connectivity index (χ1v) is 8.54. The highest BCUT2D eigenvalue weighted by atomic mass is 16.1. The predicted octanol–water partition coefficient (Wildman–Crippen LogP) is 3.20. The number of aryl methyl sites for hydroxylation is 3. The lowest BCUT2D eigenvalue weighted by Crippen LogP contribution is -2.25. The monoisotopic (exact) mass is 324 g/mol. The van der Waals surface area contributed by atoms with E-state index in [1.165, 1.54) is 10.9 Å². The molecular formula is C19H24N4O. The molecule has 3 rings (SSSR count). The zero-order valence-electron chi connectivity index (χ0n) is 14.1. The van der Waals surface area contributed by atoms with Gasteiger partial charge in [0.1, 0.15) is 0 Å². The van der Waals surface area contributed by atoms with Gasteiger partial charge in [-0.05, 0) is 43.9 Å². The zero-order valence-corrected chi connectivity index (χ0v) is 14.1. The second-order valence-corrected chi connectivity index (χ2v) is 6.14. The second kappa shape index (κ2) is 7.81. The number of aromatic nitrogens is 3. The summed E-state index contributed by atoms with van der Waals surface area (Å²) in [5.41, 5.74) is 3.47. The summed E-state index contributed by atoms with van der Waals surface area (Å²) < 4.78 is 1.92. The minimum atomic E-state index is 0.131. The highest BCUT2D eigenvalue weighted by molar-refractivity contribution is 5.83. The van der Waals surface area contributed by atoms with Crippen molar-refractivity contribution in [3.8, 4) is 0 Å². The van der Waals surface area contributed by atoms with E-state index in [4.69, 9.17) is 0 Å². The number of nitrogens with one attached hydrogen (secondary N) is 2. The molecule has 0 aliphatic carbocycles. The minimum absolute atomic E-state index is 0.131. The summed E-state index contributed by atoms with van der Waals surface area (Å²) in [7, 11) is 0. The summed E-state index contributed by atoms with van der Waals surface area (Å²) in [6.07, 6.45) is 7.28. The Morgan fingerprint density at radius 3 is 2.96 bits per heavy atom. The fourth-order valence-electron chi connectivity index (χ4n) is 2.92. The van der Waals surface area contributed by atoms with E-state index in [-0.39, 0.29) is 5.91 Å². The van der Waals surface area contributed by atoms with Crippen LogP contribution in [-0.4, -0.2) is 27.2 Å². The molecule has 2 aromatic heterocycles. The summed E-state index contributed by atoms with van der Waals surface area (Å²) in [5, 5.41) is 8.58. The molecule has 2 N–H and O–H groups in total. The van der Waals surface area contributed by atoms with Gasteiger partial charge >= 0.3 is 0 Å². The summed E-state index contributed by atoms with van der Waals surface area (Å²) in [5.74, 6) is 0.131. The highest BCUT2D eigenvalue weighted by Crippen LogP contribution is 2.19. The quantitative estimate of drug-likeness (QED) is 0.625. The van der Waals surface area contributed by atoms with Crippen molar-refractivity contribution >= 4 is 16.8 Å².